The zero-order chi connectivity index (χ0) is 19.4. The van der Waals surface area contributed by atoms with Crippen LogP contribution >= 0.6 is 0 Å². The van der Waals surface area contributed by atoms with E-state index in [1.165, 1.54) is 6.20 Å². The van der Waals surface area contributed by atoms with E-state index in [0.717, 1.165) is 37.9 Å². The van der Waals surface area contributed by atoms with Crippen LogP contribution in [0.3, 0.4) is 0 Å². The number of hydrogen-bond donors (Lipinski definition) is 0. The summed E-state index contributed by atoms with van der Waals surface area (Å²) in [5.74, 6) is 0.142. The van der Waals surface area contributed by atoms with Gasteiger partial charge in [-0.3, -0.25) is 19.6 Å². The maximum absolute atomic E-state index is 12.8. The van der Waals surface area contributed by atoms with Gasteiger partial charge in [0.2, 0.25) is 5.91 Å². The van der Waals surface area contributed by atoms with Gasteiger partial charge in [0.15, 0.2) is 0 Å². The summed E-state index contributed by atoms with van der Waals surface area (Å²) in [5.41, 5.74) is 1.37. The Labute approximate surface area is 164 Å². The van der Waals surface area contributed by atoms with Crippen LogP contribution in [-0.4, -0.2) is 62.7 Å². The molecule has 1 atom stereocenters. The molecule has 2 aliphatic rings. The van der Waals surface area contributed by atoms with Crippen LogP contribution in [0.25, 0.3) is 0 Å². The van der Waals surface area contributed by atoms with Crippen LogP contribution < -0.4 is 0 Å². The van der Waals surface area contributed by atoms with Gasteiger partial charge < -0.3 is 9.80 Å². The molecule has 2 saturated heterocycles. The van der Waals surface area contributed by atoms with Gasteiger partial charge in [-0.05, 0) is 31.4 Å². The predicted molar refractivity (Wildman–Crippen MR) is 103 cm³/mol. The maximum Gasteiger partial charge on any atom is 0.274 e. The number of likely N-dealkylation sites (tertiary alicyclic amines) is 2. The van der Waals surface area contributed by atoms with Crippen LogP contribution in [0, 0.1) is 5.41 Å². The third-order valence-corrected chi connectivity index (χ3v) is 5.84. The fourth-order valence-corrected chi connectivity index (χ4v) is 4.39. The molecule has 2 aromatic rings. The Morgan fingerprint density at radius 2 is 2.04 bits per heavy atom. The van der Waals surface area contributed by atoms with E-state index in [1.807, 2.05) is 28.0 Å². The average Bonchev–Trinajstić information content (AvgIpc) is 2.75. The molecule has 7 heteroatoms. The first kappa shape index (κ1) is 18.5. The quantitative estimate of drug-likeness (QED) is 0.811. The highest BCUT2D eigenvalue weighted by Crippen LogP contribution is 2.39. The molecular formula is C21H25N5O2. The lowest BCUT2D eigenvalue weighted by molar-refractivity contribution is -0.138. The van der Waals surface area contributed by atoms with E-state index in [9.17, 15) is 9.59 Å². The third kappa shape index (κ3) is 4.03. The minimum absolute atomic E-state index is 0.0197. The van der Waals surface area contributed by atoms with Crippen molar-refractivity contribution in [1.82, 2.24) is 24.8 Å². The molecule has 7 nitrogen and oxygen atoms in total. The number of carbonyl (C=O) groups is 2. The van der Waals surface area contributed by atoms with Crippen LogP contribution in [-0.2, 0) is 11.2 Å². The van der Waals surface area contributed by atoms with Crippen LogP contribution in [0.4, 0.5) is 0 Å². The topological polar surface area (TPSA) is 79.3 Å². The van der Waals surface area contributed by atoms with Gasteiger partial charge in [-0.25, -0.2) is 4.98 Å². The molecule has 0 aliphatic carbocycles. The highest BCUT2D eigenvalue weighted by atomic mass is 16.2. The predicted octanol–water partition coefficient (Wildman–Crippen LogP) is 1.96. The minimum Gasteiger partial charge on any atom is -0.342 e. The zero-order valence-electron chi connectivity index (χ0n) is 16.0. The Hall–Kier alpha value is -2.83. The fourth-order valence-electron chi connectivity index (χ4n) is 4.39. The van der Waals surface area contributed by atoms with Gasteiger partial charge in [0.1, 0.15) is 5.69 Å². The number of rotatable bonds is 4. The molecule has 0 radical (unpaired) electrons. The first-order valence-electron chi connectivity index (χ1n) is 9.88. The van der Waals surface area contributed by atoms with Crippen molar-refractivity contribution in [2.45, 2.75) is 32.1 Å². The molecule has 28 heavy (non-hydrogen) atoms. The van der Waals surface area contributed by atoms with Gasteiger partial charge in [0, 0.05) is 68.7 Å². The summed E-state index contributed by atoms with van der Waals surface area (Å²) in [5, 5.41) is 0. The Bertz CT molecular complexity index is 829. The van der Waals surface area contributed by atoms with E-state index in [-0.39, 0.29) is 17.2 Å². The molecule has 146 valence electrons. The number of aromatic nitrogens is 3. The Balaban J connectivity index is 1.43. The summed E-state index contributed by atoms with van der Waals surface area (Å²) in [6.07, 6.45) is 10.6. The van der Waals surface area contributed by atoms with Crippen molar-refractivity contribution >= 4 is 11.8 Å². The van der Waals surface area contributed by atoms with Crippen molar-refractivity contribution in [3.8, 4) is 0 Å². The molecule has 2 amide bonds. The van der Waals surface area contributed by atoms with Crippen molar-refractivity contribution in [3.63, 3.8) is 0 Å². The zero-order valence-corrected chi connectivity index (χ0v) is 16.0. The molecule has 4 heterocycles. The lowest BCUT2D eigenvalue weighted by atomic mass is 9.73. The van der Waals surface area contributed by atoms with Gasteiger partial charge in [0.25, 0.3) is 5.91 Å². The molecular weight excluding hydrogens is 354 g/mol. The number of carbonyl (C=O) groups excluding carboxylic acids is 2. The molecule has 2 aliphatic heterocycles. The van der Waals surface area contributed by atoms with Gasteiger partial charge >= 0.3 is 0 Å². The van der Waals surface area contributed by atoms with E-state index in [4.69, 9.17) is 0 Å². The molecule has 0 unspecified atom stereocenters. The number of piperidine rings is 2. The van der Waals surface area contributed by atoms with E-state index in [0.29, 0.717) is 31.7 Å². The Morgan fingerprint density at radius 1 is 1.11 bits per heavy atom. The summed E-state index contributed by atoms with van der Waals surface area (Å²) in [6.45, 7) is 2.80. The van der Waals surface area contributed by atoms with Crippen LogP contribution in [0.15, 0.2) is 43.0 Å². The molecule has 1 spiro atoms. The van der Waals surface area contributed by atoms with Crippen molar-refractivity contribution in [3.05, 3.63) is 54.4 Å². The first-order valence-corrected chi connectivity index (χ1v) is 9.88. The average molecular weight is 379 g/mol. The van der Waals surface area contributed by atoms with E-state index < -0.39 is 0 Å². The summed E-state index contributed by atoms with van der Waals surface area (Å²) in [4.78, 5) is 41.7. The second-order valence-corrected chi connectivity index (χ2v) is 7.81. The molecule has 0 saturated carbocycles. The molecule has 0 N–H and O–H groups in total. The lowest BCUT2D eigenvalue weighted by Crippen LogP contribution is -2.55. The molecule has 2 fully saturated rings. The van der Waals surface area contributed by atoms with Crippen molar-refractivity contribution in [2.75, 3.05) is 26.2 Å². The fraction of sp³-hybridized carbons (Fsp3) is 0.476. The van der Waals surface area contributed by atoms with Gasteiger partial charge in [-0.1, -0.05) is 6.07 Å². The Kier molecular flexibility index (Phi) is 5.32. The minimum atomic E-state index is -0.0656. The smallest absolute Gasteiger partial charge is 0.274 e. The molecule has 0 bridgehead atoms. The Morgan fingerprint density at radius 3 is 2.82 bits per heavy atom. The van der Waals surface area contributed by atoms with Crippen molar-refractivity contribution in [1.29, 1.82) is 0 Å². The van der Waals surface area contributed by atoms with Gasteiger partial charge in [-0.2, -0.15) is 0 Å². The van der Waals surface area contributed by atoms with Crippen molar-refractivity contribution in [2.24, 2.45) is 5.41 Å². The van der Waals surface area contributed by atoms with Crippen LogP contribution in [0.5, 0.6) is 0 Å². The molecule has 4 rings (SSSR count). The second kappa shape index (κ2) is 8.04. The van der Waals surface area contributed by atoms with E-state index in [1.54, 1.807) is 18.6 Å². The standard InChI is InChI=1S/C21H25N5O2/c27-19-5-8-21(15-25(19)13-6-17-4-1-2-9-23-17)7-3-12-26(16-21)20(28)18-14-22-10-11-24-18/h1-2,4,9-11,14H,3,5-8,12-13,15-16H2/t21-/m0/s1. The second-order valence-electron chi connectivity index (χ2n) is 7.81. The van der Waals surface area contributed by atoms with E-state index >= 15 is 0 Å². The first-order chi connectivity index (χ1) is 13.7. The largest absolute Gasteiger partial charge is 0.342 e. The lowest BCUT2D eigenvalue weighted by Gasteiger charge is -2.48. The van der Waals surface area contributed by atoms with Gasteiger partial charge in [0.05, 0.1) is 6.20 Å². The SMILES string of the molecule is O=C1CC[C@@]2(CCCN(C(=O)c3cnccn3)C2)CN1CCc1ccccn1. The number of pyridine rings is 1. The van der Waals surface area contributed by atoms with E-state index in [2.05, 4.69) is 15.0 Å². The number of hydrogen-bond acceptors (Lipinski definition) is 5. The van der Waals surface area contributed by atoms with Crippen LogP contribution in [0.2, 0.25) is 0 Å². The summed E-state index contributed by atoms with van der Waals surface area (Å²) in [6, 6.07) is 5.86. The number of nitrogens with zero attached hydrogens (tertiary/aromatic N) is 5. The maximum atomic E-state index is 12.8. The summed E-state index contributed by atoms with van der Waals surface area (Å²) in [7, 11) is 0. The highest BCUT2D eigenvalue weighted by Gasteiger charge is 2.42. The monoisotopic (exact) mass is 379 g/mol. The molecule has 0 aromatic carbocycles. The van der Waals surface area contributed by atoms with Gasteiger partial charge in [-0.15, -0.1) is 0 Å². The molecule has 2 aromatic heterocycles. The number of amides is 2. The van der Waals surface area contributed by atoms with Crippen LogP contribution in [0.1, 0.15) is 41.9 Å². The highest BCUT2D eigenvalue weighted by molar-refractivity contribution is 5.92. The third-order valence-electron chi connectivity index (χ3n) is 5.84. The van der Waals surface area contributed by atoms with Crippen molar-refractivity contribution < 1.29 is 9.59 Å². The summed E-state index contributed by atoms with van der Waals surface area (Å²) >= 11 is 0. The summed E-state index contributed by atoms with van der Waals surface area (Å²) < 4.78 is 0. The normalized spacial score (nSPS) is 22.5.